The molecule has 1 aromatic heterocycles. The van der Waals surface area contributed by atoms with Gasteiger partial charge in [0.15, 0.2) is 0 Å². The second-order valence-corrected chi connectivity index (χ2v) is 5.28. The summed E-state index contributed by atoms with van der Waals surface area (Å²) in [6.07, 6.45) is 3.55. The highest BCUT2D eigenvalue weighted by Gasteiger charge is 2.35. The fraction of sp³-hybridized carbons (Fsp3) is 0.294. The third kappa shape index (κ3) is 2.88. The first-order valence-corrected chi connectivity index (χ1v) is 7.21. The lowest BCUT2D eigenvalue weighted by atomic mass is 10.1. The second kappa shape index (κ2) is 6.05. The number of furan rings is 1. The maximum absolute atomic E-state index is 12.9. The summed E-state index contributed by atoms with van der Waals surface area (Å²) in [5, 5.41) is 0. The maximum Gasteiger partial charge on any atom is 0.338 e. The van der Waals surface area contributed by atoms with Gasteiger partial charge in [0, 0.05) is 6.04 Å². The highest BCUT2D eigenvalue weighted by atomic mass is 16.5. The fourth-order valence-corrected chi connectivity index (χ4v) is 2.44. The van der Waals surface area contributed by atoms with Gasteiger partial charge in [-0.2, -0.15) is 0 Å². The number of benzene rings is 1. The molecule has 1 fully saturated rings. The molecule has 22 heavy (non-hydrogen) atoms. The average Bonchev–Trinajstić information content (AvgIpc) is 3.27. The number of hydrogen-bond acceptors (Lipinski definition) is 4. The van der Waals surface area contributed by atoms with E-state index in [9.17, 15) is 9.59 Å². The van der Waals surface area contributed by atoms with Crippen molar-refractivity contribution in [2.24, 2.45) is 0 Å². The van der Waals surface area contributed by atoms with Gasteiger partial charge in [-0.15, -0.1) is 0 Å². The molecule has 0 N–H and O–H groups in total. The smallest absolute Gasteiger partial charge is 0.338 e. The Morgan fingerprint density at radius 2 is 1.91 bits per heavy atom. The van der Waals surface area contributed by atoms with E-state index >= 15 is 0 Å². The number of ether oxygens (including phenoxy) is 1. The van der Waals surface area contributed by atoms with Crippen LogP contribution in [-0.2, 0) is 11.3 Å². The van der Waals surface area contributed by atoms with Gasteiger partial charge in [-0.3, -0.25) is 4.79 Å². The summed E-state index contributed by atoms with van der Waals surface area (Å²) in [5.41, 5.74) is 0.660. The van der Waals surface area contributed by atoms with Crippen molar-refractivity contribution in [3.8, 4) is 0 Å². The number of esters is 1. The predicted octanol–water partition coefficient (Wildman–Crippen LogP) is 2.87. The van der Waals surface area contributed by atoms with Crippen molar-refractivity contribution in [3.63, 3.8) is 0 Å². The van der Waals surface area contributed by atoms with E-state index in [1.807, 2.05) is 6.07 Å². The Hall–Kier alpha value is -2.56. The Morgan fingerprint density at radius 3 is 2.50 bits per heavy atom. The van der Waals surface area contributed by atoms with Gasteiger partial charge in [-0.1, -0.05) is 12.1 Å². The number of carbonyl (C=O) groups excluding carboxylic acids is 2. The van der Waals surface area contributed by atoms with Crippen LogP contribution in [0.1, 0.15) is 39.3 Å². The van der Waals surface area contributed by atoms with Crippen molar-refractivity contribution in [1.82, 2.24) is 4.90 Å². The van der Waals surface area contributed by atoms with Crippen LogP contribution in [0, 0.1) is 0 Å². The zero-order valence-corrected chi connectivity index (χ0v) is 12.3. The molecule has 1 aromatic carbocycles. The van der Waals surface area contributed by atoms with Crippen LogP contribution in [0.4, 0.5) is 0 Å². The maximum atomic E-state index is 12.9. The first-order valence-electron chi connectivity index (χ1n) is 7.21. The van der Waals surface area contributed by atoms with Crippen molar-refractivity contribution < 1.29 is 18.7 Å². The molecule has 1 saturated carbocycles. The molecular weight excluding hydrogens is 282 g/mol. The summed E-state index contributed by atoms with van der Waals surface area (Å²) < 4.78 is 10.1. The topological polar surface area (TPSA) is 59.8 Å². The average molecular weight is 299 g/mol. The highest BCUT2D eigenvalue weighted by molar-refractivity contribution is 6.05. The van der Waals surface area contributed by atoms with E-state index in [-0.39, 0.29) is 11.9 Å². The molecule has 0 aliphatic heterocycles. The van der Waals surface area contributed by atoms with Gasteiger partial charge in [0.1, 0.15) is 5.76 Å². The minimum atomic E-state index is -0.502. The van der Waals surface area contributed by atoms with Gasteiger partial charge in [-0.05, 0) is 37.1 Å². The molecule has 3 rings (SSSR count). The monoisotopic (exact) mass is 299 g/mol. The van der Waals surface area contributed by atoms with E-state index in [0.717, 1.165) is 18.6 Å². The molecular formula is C17H17NO4. The zero-order chi connectivity index (χ0) is 15.5. The Kier molecular flexibility index (Phi) is 3.96. The Morgan fingerprint density at radius 1 is 1.18 bits per heavy atom. The molecule has 1 aliphatic carbocycles. The minimum Gasteiger partial charge on any atom is -0.467 e. The molecule has 1 aliphatic rings. The summed E-state index contributed by atoms with van der Waals surface area (Å²) in [7, 11) is 1.31. The van der Waals surface area contributed by atoms with Crippen LogP contribution in [0.15, 0.2) is 47.1 Å². The van der Waals surface area contributed by atoms with E-state index in [2.05, 4.69) is 0 Å². The first kappa shape index (κ1) is 14.4. The van der Waals surface area contributed by atoms with Gasteiger partial charge < -0.3 is 14.1 Å². The Bertz CT molecular complexity index is 674. The molecule has 1 amide bonds. The zero-order valence-electron chi connectivity index (χ0n) is 12.3. The van der Waals surface area contributed by atoms with Crippen molar-refractivity contribution in [2.45, 2.75) is 25.4 Å². The quantitative estimate of drug-likeness (QED) is 0.797. The summed E-state index contributed by atoms with van der Waals surface area (Å²) >= 11 is 0. The number of hydrogen-bond donors (Lipinski definition) is 0. The third-order valence-electron chi connectivity index (χ3n) is 3.72. The SMILES string of the molecule is COC(=O)c1ccccc1C(=O)N(Cc1ccco1)C1CC1. The molecule has 0 bridgehead atoms. The number of methoxy groups -OCH3 is 1. The highest BCUT2D eigenvalue weighted by Crippen LogP contribution is 2.30. The van der Waals surface area contributed by atoms with Crippen LogP contribution in [0.3, 0.4) is 0 Å². The van der Waals surface area contributed by atoms with Crippen LogP contribution in [0.5, 0.6) is 0 Å². The van der Waals surface area contributed by atoms with E-state index in [1.165, 1.54) is 7.11 Å². The van der Waals surface area contributed by atoms with Gasteiger partial charge in [-0.25, -0.2) is 4.79 Å². The first-order chi connectivity index (χ1) is 10.7. The van der Waals surface area contributed by atoms with Crippen LogP contribution >= 0.6 is 0 Å². The molecule has 114 valence electrons. The van der Waals surface area contributed by atoms with Crippen molar-refractivity contribution in [1.29, 1.82) is 0 Å². The number of rotatable bonds is 5. The van der Waals surface area contributed by atoms with Gasteiger partial charge in [0.05, 0.1) is 31.0 Å². The van der Waals surface area contributed by atoms with Crippen LogP contribution in [0.2, 0.25) is 0 Å². The Balaban J connectivity index is 1.89. The van der Waals surface area contributed by atoms with Gasteiger partial charge >= 0.3 is 5.97 Å². The van der Waals surface area contributed by atoms with E-state index in [1.54, 1.807) is 41.5 Å². The lowest BCUT2D eigenvalue weighted by Crippen LogP contribution is -2.33. The largest absolute Gasteiger partial charge is 0.467 e. The van der Waals surface area contributed by atoms with Crippen LogP contribution < -0.4 is 0 Å². The van der Waals surface area contributed by atoms with Gasteiger partial charge in [0.25, 0.3) is 5.91 Å². The third-order valence-corrected chi connectivity index (χ3v) is 3.72. The molecule has 0 radical (unpaired) electrons. The summed E-state index contributed by atoms with van der Waals surface area (Å²) in [4.78, 5) is 26.5. The number of amides is 1. The van der Waals surface area contributed by atoms with Crippen molar-refractivity contribution in [2.75, 3.05) is 7.11 Å². The summed E-state index contributed by atoms with van der Waals surface area (Å²) in [6.45, 7) is 0.409. The standard InChI is InChI=1S/C17H17NO4/c1-21-17(20)15-7-3-2-6-14(15)16(19)18(12-8-9-12)11-13-5-4-10-22-13/h2-7,10,12H,8-9,11H2,1H3. The molecule has 0 unspecified atom stereocenters. The molecule has 0 spiro atoms. The number of nitrogens with zero attached hydrogens (tertiary/aromatic N) is 1. The number of carbonyl (C=O) groups is 2. The minimum absolute atomic E-state index is 0.167. The second-order valence-electron chi connectivity index (χ2n) is 5.28. The fourth-order valence-electron chi connectivity index (χ4n) is 2.44. The van der Waals surface area contributed by atoms with E-state index in [4.69, 9.17) is 9.15 Å². The molecule has 0 atom stereocenters. The molecule has 1 heterocycles. The lowest BCUT2D eigenvalue weighted by molar-refractivity contribution is 0.0587. The van der Waals surface area contributed by atoms with E-state index < -0.39 is 5.97 Å². The van der Waals surface area contributed by atoms with Gasteiger partial charge in [0.2, 0.25) is 0 Å². The van der Waals surface area contributed by atoms with Crippen LogP contribution in [-0.4, -0.2) is 29.9 Å². The molecule has 5 nitrogen and oxygen atoms in total. The molecule has 2 aromatic rings. The predicted molar refractivity (Wildman–Crippen MR) is 79.4 cm³/mol. The Labute approximate surface area is 128 Å². The van der Waals surface area contributed by atoms with Crippen molar-refractivity contribution >= 4 is 11.9 Å². The lowest BCUT2D eigenvalue weighted by Gasteiger charge is -2.22. The van der Waals surface area contributed by atoms with Crippen LogP contribution in [0.25, 0.3) is 0 Å². The molecule has 0 saturated heterocycles. The molecule has 5 heteroatoms. The summed E-state index contributed by atoms with van der Waals surface area (Å²) in [6, 6.07) is 10.6. The normalized spacial score (nSPS) is 13.7. The summed E-state index contributed by atoms with van der Waals surface area (Å²) in [5.74, 6) is 0.0633. The van der Waals surface area contributed by atoms with E-state index in [0.29, 0.717) is 17.7 Å². The van der Waals surface area contributed by atoms with Crippen molar-refractivity contribution in [3.05, 3.63) is 59.5 Å².